The first-order valence-electron chi connectivity index (χ1n) is 22.3. The lowest BCUT2D eigenvalue weighted by molar-refractivity contribution is -0.253. The van der Waals surface area contributed by atoms with Gasteiger partial charge in [-0.25, -0.2) is 13.1 Å². The molecule has 2 aromatic heterocycles. The predicted molar refractivity (Wildman–Crippen MR) is 265 cm³/mol. The van der Waals surface area contributed by atoms with E-state index in [1.54, 1.807) is 39.0 Å². The summed E-state index contributed by atoms with van der Waals surface area (Å²) in [6.07, 6.45) is 2.56. The highest BCUT2D eigenvalue weighted by Crippen LogP contribution is 2.41. The SMILES string of the molecule is CCn1c(O)c(N=Nc2ccc(-c3ccc(N=Nc4c(C)c(C#N)c(=O)n(CC)c4O)cc3S(=O)(=O)NC(C)CCc3ccccc3)c(SOONC(C)CCc3ccccc3)c2)c(C)c(C#N)c1=O. The Balaban J connectivity index is 1.42. The molecule has 0 aliphatic carbocycles. The maximum Gasteiger partial charge on any atom is 0.271 e. The standard InChI is InChI=1S/C50H52N10O8S2/c1-7-59-47(61)41(29-51)33(5)45(49(59)63)55-53-37-23-25-39(43(27-37)69-68-67-57-31(3)19-21-35-15-11-9-12-16-35)40-26-24-38(54-56-46-34(6)42(30-52)48(62)60(8-2)50(46)64)28-44(40)70(65,66)58-32(4)20-22-36-17-13-10-14-18-36/h9-18,23-28,31-32,57-58,63-64H,7-8,19-22H2,1-6H3. The number of hydrogen-bond donors (Lipinski definition) is 4. The molecular weight excluding hydrogens is 933 g/mol. The molecule has 6 aromatic rings. The number of pyridine rings is 2. The lowest BCUT2D eigenvalue weighted by Crippen LogP contribution is -2.33. The number of azo groups is 2. The molecule has 0 amide bonds. The van der Waals surface area contributed by atoms with Gasteiger partial charge in [0.1, 0.15) is 23.3 Å². The van der Waals surface area contributed by atoms with Gasteiger partial charge in [-0.3, -0.25) is 18.7 Å². The van der Waals surface area contributed by atoms with Crippen molar-refractivity contribution >= 4 is 44.8 Å². The van der Waals surface area contributed by atoms with E-state index in [1.165, 1.54) is 32.0 Å². The molecule has 4 aromatic carbocycles. The first kappa shape index (κ1) is 52.1. The Kier molecular flexibility index (Phi) is 17.7. The molecule has 0 radical (unpaired) electrons. The summed E-state index contributed by atoms with van der Waals surface area (Å²) < 4.78 is 39.7. The summed E-state index contributed by atoms with van der Waals surface area (Å²) in [6, 6.07) is 31.8. The number of benzene rings is 4. The average Bonchev–Trinajstić information content (AvgIpc) is 3.35. The Bertz CT molecular complexity index is 3240. The van der Waals surface area contributed by atoms with Crippen LogP contribution >= 0.6 is 12.0 Å². The van der Waals surface area contributed by atoms with Gasteiger partial charge in [0.05, 0.1) is 28.3 Å². The van der Waals surface area contributed by atoms with E-state index in [1.807, 2.05) is 79.7 Å². The van der Waals surface area contributed by atoms with Crippen molar-refractivity contribution in [3.63, 3.8) is 0 Å². The number of nitrogens with zero attached hydrogens (tertiary/aromatic N) is 8. The van der Waals surface area contributed by atoms with Gasteiger partial charge in [0.15, 0.2) is 11.4 Å². The van der Waals surface area contributed by atoms with E-state index in [4.69, 9.17) is 9.32 Å². The van der Waals surface area contributed by atoms with Gasteiger partial charge in [0.25, 0.3) is 11.1 Å². The Labute approximate surface area is 409 Å². The summed E-state index contributed by atoms with van der Waals surface area (Å²) in [5, 5.41) is 58.6. The lowest BCUT2D eigenvalue weighted by Gasteiger charge is -2.18. The fourth-order valence-corrected chi connectivity index (χ4v) is 9.56. The third kappa shape index (κ3) is 12.3. The molecule has 2 heterocycles. The van der Waals surface area contributed by atoms with Crippen LogP contribution in [0.4, 0.5) is 22.7 Å². The molecule has 4 N–H and O–H groups in total. The van der Waals surface area contributed by atoms with Crippen molar-refractivity contribution in [2.24, 2.45) is 20.5 Å². The van der Waals surface area contributed by atoms with E-state index in [2.05, 4.69) is 30.7 Å². The first-order chi connectivity index (χ1) is 33.6. The number of hydrogen-bond acceptors (Lipinski definition) is 16. The van der Waals surface area contributed by atoms with Gasteiger partial charge in [-0.05, 0) is 108 Å². The molecule has 0 aliphatic heterocycles. The summed E-state index contributed by atoms with van der Waals surface area (Å²) in [5.74, 6) is -0.973. The second-order valence-corrected chi connectivity index (χ2v) is 18.7. The smallest absolute Gasteiger partial charge is 0.271 e. The molecule has 2 atom stereocenters. The molecule has 0 bridgehead atoms. The highest BCUT2D eigenvalue weighted by atomic mass is 32.2. The number of aromatic nitrogens is 2. The molecule has 0 aliphatic rings. The summed E-state index contributed by atoms with van der Waals surface area (Å²) in [4.78, 5) is 31.2. The molecule has 0 fully saturated rings. The van der Waals surface area contributed by atoms with Crippen LogP contribution in [0.2, 0.25) is 0 Å². The number of sulfonamides is 1. The van der Waals surface area contributed by atoms with Gasteiger partial charge in [-0.2, -0.15) is 26.2 Å². The third-order valence-electron chi connectivity index (χ3n) is 11.4. The molecule has 18 nitrogen and oxygen atoms in total. The summed E-state index contributed by atoms with van der Waals surface area (Å²) >= 11 is 0.753. The van der Waals surface area contributed by atoms with Gasteiger partial charge in [-0.15, -0.1) is 19.6 Å². The second-order valence-electron chi connectivity index (χ2n) is 16.3. The minimum absolute atomic E-state index is 0.0452. The Morgan fingerprint density at radius 2 is 1.16 bits per heavy atom. The van der Waals surface area contributed by atoms with Crippen molar-refractivity contribution in [3.8, 4) is 35.0 Å². The maximum atomic E-state index is 14.6. The van der Waals surface area contributed by atoms with Crippen LogP contribution in [0.1, 0.15) is 73.9 Å². The van der Waals surface area contributed by atoms with Crippen molar-refractivity contribution in [1.82, 2.24) is 19.3 Å². The zero-order chi connectivity index (χ0) is 50.5. The first-order valence-corrected chi connectivity index (χ1v) is 24.5. The number of nitrogens with one attached hydrogen (secondary N) is 2. The molecular formula is C50H52N10O8S2. The van der Waals surface area contributed by atoms with Crippen LogP contribution in [0, 0.1) is 36.5 Å². The van der Waals surface area contributed by atoms with E-state index in [-0.39, 0.29) is 74.6 Å². The number of hydroxylamine groups is 1. The van der Waals surface area contributed by atoms with Crippen molar-refractivity contribution in [2.75, 3.05) is 0 Å². The number of aryl methyl sites for hydroxylation is 2. The van der Waals surface area contributed by atoms with Crippen molar-refractivity contribution in [2.45, 2.75) is 102 Å². The number of nitriles is 2. The summed E-state index contributed by atoms with van der Waals surface area (Å²) in [6.45, 7) is 10.00. The summed E-state index contributed by atoms with van der Waals surface area (Å²) in [5.41, 5.74) is 4.13. The van der Waals surface area contributed by atoms with Gasteiger partial charge < -0.3 is 10.2 Å². The molecule has 6 rings (SSSR count). The summed E-state index contributed by atoms with van der Waals surface area (Å²) in [7, 11) is -4.36. The van der Waals surface area contributed by atoms with Crippen LogP contribution in [0.5, 0.6) is 11.8 Å². The number of rotatable bonds is 21. The minimum atomic E-state index is -4.36. The van der Waals surface area contributed by atoms with E-state index in [0.717, 1.165) is 38.7 Å². The van der Waals surface area contributed by atoms with Crippen LogP contribution < -0.4 is 21.3 Å². The normalized spacial score (nSPS) is 12.6. The van der Waals surface area contributed by atoms with Gasteiger partial charge in [0.2, 0.25) is 21.8 Å². The minimum Gasteiger partial charge on any atom is -0.493 e. The van der Waals surface area contributed by atoms with E-state index in [9.17, 15) is 38.7 Å². The molecule has 70 heavy (non-hydrogen) atoms. The highest BCUT2D eigenvalue weighted by molar-refractivity contribution is 7.94. The van der Waals surface area contributed by atoms with Crippen molar-refractivity contribution in [1.29, 1.82) is 10.5 Å². The maximum absolute atomic E-state index is 14.6. The van der Waals surface area contributed by atoms with Crippen LogP contribution in [0.15, 0.2) is 137 Å². The Morgan fingerprint density at radius 3 is 1.64 bits per heavy atom. The Hall–Kier alpha value is -7.30. The fraction of sp³-hybridized carbons (Fsp3) is 0.280. The molecule has 2 unspecified atom stereocenters. The second kappa shape index (κ2) is 23.8. The van der Waals surface area contributed by atoms with Crippen LogP contribution in [0.3, 0.4) is 0 Å². The Morgan fingerprint density at radius 1 is 0.686 bits per heavy atom. The largest absolute Gasteiger partial charge is 0.493 e. The van der Waals surface area contributed by atoms with Gasteiger partial charge >= 0.3 is 0 Å². The quantitative estimate of drug-likeness (QED) is 0.0173. The van der Waals surface area contributed by atoms with Gasteiger partial charge in [0, 0.05) is 46.8 Å². The highest BCUT2D eigenvalue weighted by Gasteiger charge is 2.26. The third-order valence-corrected chi connectivity index (χ3v) is 13.7. The van der Waals surface area contributed by atoms with E-state index in [0.29, 0.717) is 29.7 Å². The van der Waals surface area contributed by atoms with Crippen LogP contribution in [-0.2, 0) is 45.3 Å². The number of aromatic hydroxyl groups is 2. The zero-order valence-corrected chi connectivity index (χ0v) is 41.0. The molecule has 0 saturated heterocycles. The topological polar surface area (TPSA) is 258 Å². The molecule has 362 valence electrons. The van der Waals surface area contributed by atoms with Crippen molar-refractivity contribution in [3.05, 3.63) is 151 Å². The average molecular weight is 985 g/mol. The van der Waals surface area contributed by atoms with Gasteiger partial charge in [-0.1, -0.05) is 72.8 Å². The van der Waals surface area contributed by atoms with Crippen LogP contribution in [-0.4, -0.2) is 39.8 Å². The molecule has 0 saturated carbocycles. The molecule has 0 spiro atoms. The van der Waals surface area contributed by atoms with E-state index < -0.39 is 38.9 Å². The van der Waals surface area contributed by atoms with Crippen LogP contribution in [0.25, 0.3) is 11.1 Å². The lowest BCUT2D eigenvalue weighted by atomic mass is 10.0. The van der Waals surface area contributed by atoms with Crippen molar-refractivity contribution < 1.29 is 28.0 Å². The molecule has 20 heteroatoms. The monoisotopic (exact) mass is 984 g/mol. The van der Waals surface area contributed by atoms with E-state index >= 15 is 0 Å². The fourth-order valence-electron chi connectivity index (χ4n) is 7.46. The zero-order valence-electron chi connectivity index (χ0n) is 39.4. The predicted octanol–water partition coefficient (Wildman–Crippen LogP) is 10.1.